The molecule has 0 radical (unpaired) electrons. The molecule has 0 aromatic carbocycles. The van der Waals surface area contributed by atoms with Crippen LogP contribution in [0.1, 0.15) is 11.4 Å². The van der Waals surface area contributed by atoms with E-state index in [1.54, 1.807) is 12.3 Å². The summed E-state index contributed by atoms with van der Waals surface area (Å²) in [5.74, 6) is 2.19. The smallest absolute Gasteiger partial charge is 0.263 e. The zero-order valence-electron chi connectivity index (χ0n) is 12.5. The molecule has 0 saturated heterocycles. The molecule has 2 aromatic rings. The van der Waals surface area contributed by atoms with Crippen molar-refractivity contribution in [2.24, 2.45) is 0 Å². The maximum Gasteiger partial charge on any atom is 0.263 e. The molecule has 1 amide bonds. The van der Waals surface area contributed by atoms with Gasteiger partial charge in [-0.3, -0.25) is 9.78 Å². The van der Waals surface area contributed by atoms with Crippen LogP contribution in [0.4, 0.5) is 5.82 Å². The number of aryl methyl sites for hydroxylation is 1. The average molecular weight is 313 g/mol. The molecule has 23 heavy (non-hydrogen) atoms. The Labute approximate surface area is 132 Å². The number of carbonyl (C=O) groups excluding carboxylic acids is 1. The molecular weight excluding hydrogens is 298 g/mol. The molecule has 1 unspecified atom stereocenters. The molecule has 0 spiro atoms. The number of rotatable bonds is 2. The lowest BCUT2D eigenvalue weighted by molar-refractivity contribution is -0.118. The molecule has 4 rings (SSSR count). The van der Waals surface area contributed by atoms with Crippen LogP contribution in [0.5, 0.6) is 17.2 Å². The van der Waals surface area contributed by atoms with Gasteiger partial charge in [0.25, 0.3) is 5.91 Å². The van der Waals surface area contributed by atoms with Crippen molar-refractivity contribution in [3.05, 3.63) is 35.8 Å². The van der Waals surface area contributed by atoms with Crippen LogP contribution in [0, 0.1) is 6.92 Å². The van der Waals surface area contributed by atoms with E-state index in [0.717, 1.165) is 11.4 Å². The van der Waals surface area contributed by atoms with Gasteiger partial charge in [0.05, 0.1) is 6.20 Å². The van der Waals surface area contributed by atoms with Crippen molar-refractivity contribution in [1.29, 1.82) is 0 Å². The lowest BCUT2D eigenvalue weighted by Crippen LogP contribution is -2.32. The quantitative estimate of drug-likeness (QED) is 0.904. The lowest BCUT2D eigenvalue weighted by atomic mass is 10.1. The third-order valence-electron chi connectivity index (χ3n) is 3.66. The van der Waals surface area contributed by atoms with Crippen LogP contribution < -0.4 is 19.5 Å². The summed E-state index contributed by atoms with van der Waals surface area (Å²) in [6.07, 6.45) is 2.08. The highest BCUT2D eigenvalue weighted by atomic mass is 16.6. The monoisotopic (exact) mass is 313 g/mol. The Kier molecular flexibility index (Phi) is 3.25. The number of amides is 1. The van der Waals surface area contributed by atoms with Crippen molar-refractivity contribution < 1.29 is 19.0 Å². The zero-order valence-corrected chi connectivity index (χ0v) is 12.5. The summed E-state index contributed by atoms with van der Waals surface area (Å²) in [6, 6.07) is 5.53. The number of nitrogens with one attached hydrogen (secondary N) is 1. The minimum atomic E-state index is -0.199. The Balaban J connectivity index is 1.50. The van der Waals surface area contributed by atoms with Gasteiger partial charge in [-0.2, -0.15) is 0 Å². The molecule has 2 aromatic heterocycles. The normalized spacial score (nSPS) is 18.7. The number of aromatic nitrogens is 2. The number of fused-ring (bicyclic) bond motifs is 2. The van der Waals surface area contributed by atoms with Gasteiger partial charge in [-0.1, -0.05) is 0 Å². The van der Waals surface area contributed by atoms with E-state index in [1.807, 2.05) is 19.1 Å². The van der Waals surface area contributed by atoms with Gasteiger partial charge in [-0.15, -0.1) is 0 Å². The largest absolute Gasteiger partial charge is 0.486 e. The second-order valence-electron chi connectivity index (χ2n) is 5.51. The van der Waals surface area contributed by atoms with E-state index in [4.69, 9.17) is 14.2 Å². The molecule has 1 atom stereocenters. The number of hydrogen-bond donors (Lipinski definition) is 1. The molecule has 0 fully saturated rings. The molecular formula is C16H15N3O4. The highest BCUT2D eigenvalue weighted by Gasteiger charge is 2.24. The number of pyridine rings is 2. The molecule has 118 valence electrons. The molecule has 2 aliphatic heterocycles. The Morgan fingerprint density at radius 1 is 1.26 bits per heavy atom. The summed E-state index contributed by atoms with van der Waals surface area (Å²) < 4.78 is 16.9. The van der Waals surface area contributed by atoms with E-state index in [2.05, 4.69) is 15.3 Å². The third-order valence-corrected chi connectivity index (χ3v) is 3.66. The topological polar surface area (TPSA) is 82.6 Å². The highest BCUT2D eigenvalue weighted by Crippen LogP contribution is 2.32. The summed E-state index contributed by atoms with van der Waals surface area (Å²) in [5.41, 5.74) is 1.68. The van der Waals surface area contributed by atoms with Gasteiger partial charge < -0.3 is 19.5 Å². The molecule has 1 N–H and O–H groups in total. The SMILES string of the molecule is Cc1cc2c(cn1)OC(Cc1ccc3c(n1)NC(=O)CO3)CO2. The van der Waals surface area contributed by atoms with Crippen molar-refractivity contribution in [3.8, 4) is 17.2 Å². The van der Waals surface area contributed by atoms with Gasteiger partial charge in [0.2, 0.25) is 0 Å². The predicted molar refractivity (Wildman–Crippen MR) is 81.0 cm³/mol. The van der Waals surface area contributed by atoms with Crippen molar-refractivity contribution in [1.82, 2.24) is 9.97 Å². The fourth-order valence-electron chi connectivity index (χ4n) is 2.57. The number of carbonyl (C=O) groups is 1. The van der Waals surface area contributed by atoms with Gasteiger partial charge in [0.15, 0.2) is 29.7 Å². The molecule has 7 nitrogen and oxygen atoms in total. The number of ether oxygens (including phenoxy) is 3. The molecule has 0 bridgehead atoms. The first-order chi connectivity index (χ1) is 11.2. The van der Waals surface area contributed by atoms with Crippen LogP contribution in [0.15, 0.2) is 24.4 Å². The van der Waals surface area contributed by atoms with Crippen molar-refractivity contribution in [2.45, 2.75) is 19.4 Å². The van der Waals surface area contributed by atoms with Crippen molar-refractivity contribution in [3.63, 3.8) is 0 Å². The van der Waals surface area contributed by atoms with Crippen LogP contribution in [0.3, 0.4) is 0 Å². The maximum absolute atomic E-state index is 11.4. The minimum Gasteiger partial charge on any atom is -0.486 e. The highest BCUT2D eigenvalue weighted by molar-refractivity contribution is 5.94. The Morgan fingerprint density at radius 2 is 2.17 bits per heavy atom. The summed E-state index contributed by atoms with van der Waals surface area (Å²) >= 11 is 0. The molecule has 7 heteroatoms. The second kappa shape index (κ2) is 5.42. The lowest BCUT2D eigenvalue weighted by Gasteiger charge is -2.26. The fraction of sp³-hybridized carbons (Fsp3) is 0.312. The van der Waals surface area contributed by atoms with E-state index < -0.39 is 0 Å². The van der Waals surface area contributed by atoms with E-state index in [9.17, 15) is 4.79 Å². The first kappa shape index (κ1) is 13.8. The Bertz CT molecular complexity index is 778. The van der Waals surface area contributed by atoms with Gasteiger partial charge >= 0.3 is 0 Å². The molecule has 0 aliphatic carbocycles. The molecule has 0 saturated carbocycles. The van der Waals surface area contributed by atoms with Crippen molar-refractivity contribution in [2.75, 3.05) is 18.5 Å². The maximum atomic E-state index is 11.4. The fourth-order valence-corrected chi connectivity index (χ4v) is 2.57. The first-order valence-corrected chi connectivity index (χ1v) is 7.36. The number of hydrogen-bond acceptors (Lipinski definition) is 6. The van der Waals surface area contributed by atoms with E-state index in [-0.39, 0.29) is 18.6 Å². The number of nitrogens with zero attached hydrogens (tertiary/aromatic N) is 2. The van der Waals surface area contributed by atoms with E-state index in [0.29, 0.717) is 36.1 Å². The van der Waals surface area contributed by atoms with Crippen LogP contribution in [0.25, 0.3) is 0 Å². The average Bonchev–Trinajstić information content (AvgIpc) is 2.54. The Hall–Kier alpha value is -2.83. The second-order valence-corrected chi connectivity index (χ2v) is 5.51. The minimum absolute atomic E-state index is 0.0246. The van der Waals surface area contributed by atoms with Gasteiger partial charge in [-0.05, 0) is 19.1 Å². The van der Waals surface area contributed by atoms with Gasteiger partial charge in [0, 0.05) is 23.9 Å². The van der Waals surface area contributed by atoms with Gasteiger partial charge in [0.1, 0.15) is 12.7 Å². The van der Waals surface area contributed by atoms with E-state index in [1.165, 1.54) is 0 Å². The summed E-state index contributed by atoms with van der Waals surface area (Å²) in [4.78, 5) is 20.0. The summed E-state index contributed by atoms with van der Waals surface area (Å²) in [7, 11) is 0. The van der Waals surface area contributed by atoms with E-state index >= 15 is 0 Å². The standard InChI is InChI=1S/C16H15N3O4/c1-9-4-13-14(6-17-9)23-11(7-21-13)5-10-2-3-12-16(18-10)19-15(20)8-22-12/h2-4,6,11H,5,7-8H2,1H3,(H,18,19,20). The van der Waals surface area contributed by atoms with Crippen LogP contribution in [-0.2, 0) is 11.2 Å². The third kappa shape index (κ3) is 2.77. The van der Waals surface area contributed by atoms with Crippen LogP contribution in [0.2, 0.25) is 0 Å². The molecule has 2 aliphatic rings. The first-order valence-electron chi connectivity index (χ1n) is 7.36. The molecule has 4 heterocycles. The van der Waals surface area contributed by atoms with Crippen LogP contribution in [-0.4, -0.2) is 35.2 Å². The summed E-state index contributed by atoms with van der Waals surface area (Å²) in [5, 5.41) is 2.70. The summed E-state index contributed by atoms with van der Waals surface area (Å²) in [6.45, 7) is 2.37. The Morgan fingerprint density at radius 3 is 3.09 bits per heavy atom. The number of anilines is 1. The van der Waals surface area contributed by atoms with Crippen molar-refractivity contribution >= 4 is 11.7 Å². The van der Waals surface area contributed by atoms with Crippen LogP contribution >= 0.6 is 0 Å². The van der Waals surface area contributed by atoms with Gasteiger partial charge in [-0.25, -0.2) is 4.98 Å². The zero-order chi connectivity index (χ0) is 15.8. The predicted octanol–water partition coefficient (Wildman–Crippen LogP) is 1.50.